The lowest BCUT2D eigenvalue weighted by molar-refractivity contribution is -0.130. The van der Waals surface area contributed by atoms with Crippen molar-refractivity contribution in [2.75, 3.05) is 19.6 Å². The smallest absolute Gasteiger partial charge is 0.246 e. The molecule has 2 unspecified atom stereocenters. The van der Waals surface area contributed by atoms with Crippen LogP contribution in [-0.2, 0) is 4.79 Å². The summed E-state index contributed by atoms with van der Waals surface area (Å²) in [5.74, 6) is 0.810. The highest BCUT2D eigenvalue weighted by Gasteiger charge is 2.36. The van der Waals surface area contributed by atoms with E-state index in [1.165, 1.54) is 6.42 Å². The van der Waals surface area contributed by atoms with Crippen LogP contribution in [0.5, 0.6) is 0 Å². The third kappa shape index (κ3) is 2.71. The van der Waals surface area contributed by atoms with Crippen molar-refractivity contribution in [3.8, 4) is 0 Å². The Bertz CT molecular complexity index is 469. The summed E-state index contributed by atoms with van der Waals surface area (Å²) >= 11 is 0. The molecule has 3 rings (SSSR count). The molecule has 2 aliphatic rings. The summed E-state index contributed by atoms with van der Waals surface area (Å²) in [6, 6.07) is 10.4. The van der Waals surface area contributed by atoms with Crippen molar-refractivity contribution < 1.29 is 4.79 Å². The van der Waals surface area contributed by atoms with E-state index in [9.17, 15) is 4.79 Å². The predicted octanol–water partition coefficient (Wildman–Crippen LogP) is 1.91. The fraction of sp³-hybridized carbons (Fsp3) is 0.438. The number of hydrogen-bond acceptors (Lipinski definition) is 2. The summed E-state index contributed by atoms with van der Waals surface area (Å²) in [6.07, 6.45) is 6.02. The van der Waals surface area contributed by atoms with Crippen molar-refractivity contribution in [3.63, 3.8) is 0 Å². The summed E-state index contributed by atoms with van der Waals surface area (Å²) in [6.45, 7) is 2.92. The van der Waals surface area contributed by atoms with Crippen LogP contribution in [0, 0.1) is 5.92 Å². The first-order valence-corrected chi connectivity index (χ1v) is 7.09. The average Bonchev–Trinajstić information content (AvgIpc) is 2.94. The number of nitrogens with zero attached hydrogens (tertiary/aromatic N) is 1. The van der Waals surface area contributed by atoms with Gasteiger partial charge < -0.3 is 10.2 Å². The van der Waals surface area contributed by atoms with Crippen LogP contribution in [0.1, 0.15) is 18.4 Å². The quantitative estimate of drug-likeness (QED) is 0.820. The normalized spacial score (nSPS) is 26.6. The summed E-state index contributed by atoms with van der Waals surface area (Å²) in [5.41, 5.74) is 1.08. The van der Waals surface area contributed by atoms with E-state index in [2.05, 4.69) is 5.32 Å². The molecular weight excluding hydrogens is 236 g/mol. The minimum Gasteiger partial charge on any atom is -0.335 e. The number of hydrogen-bond donors (Lipinski definition) is 1. The molecule has 0 aromatic heterocycles. The van der Waals surface area contributed by atoms with Crippen molar-refractivity contribution in [2.24, 2.45) is 5.92 Å². The molecule has 1 aromatic carbocycles. The molecule has 0 radical (unpaired) electrons. The largest absolute Gasteiger partial charge is 0.335 e. The van der Waals surface area contributed by atoms with Crippen LogP contribution in [0.25, 0.3) is 6.08 Å². The number of benzene rings is 1. The molecule has 19 heavy (non-hydrogen) atoms. The molecule has 2 saturated heterocycles. The number of nitrogens with one attached hydrogen (secondary N) is 1. The molecule has 0 aliphatic carbocycles. The van der Waals surface area contributed by atoms with E-state index in [0.717, 1.165) is 31.6 Å². The third-order valence-electron chi connectivity index (χ3n) is 4.18. The molecule has 1 amide bonds. The minimum absolute atomic E-state index is 0.155. The van der Waals surface area contributed by atoms with Gasteiger partial charge in [0.05, 0.1) is 0 Å². The van der Waals surface area contributed by atoms with Crippen LogP contribution < -0.4 is 5.32 Å². The number of amides is 1. The minimum atomic E-state index is 0.155. The van der Waals surface area contributed by atoms with Crippen LogP contribution in [0.3, 0.4) is 0 Å². The second-order valence-electron chi connectivity index (χ2n) is 5.40. The third-order valence-corrected chi connectivity index (χ3v) is 4.18. The fourth-order valence-corrected chi connectivity index (χ4v) is 3.17. The molecule has 0 bridgehead atoms. The Hall–Kier alpha value is -1.61. The zero-order chi connectivity index (χ0) is 13.1. The molecule has 2 atom stereocenters. The van der Waals surface area contributed by atoms with Gasteiger partial charge in [-0.15, -0.1) is 0 Å². The first-order valence-electron chi connectivity index (χ1n) is 7.09. The van der Waals surface area contributed by atoms with E-state index in [0.29, 0.717) is 12.0 Å². The number of fused-ring (bicyclic) bond motifs is 1. The van der Waals surface area contributed by atoms with E-state index in [4.69, 9.17) is 0 Å². The van der Waals surface area contributed by atoms with Crippen molar-refractivity contribution in [3.05, 3.63) is 42.0 Å². The van der Waals surface area contributed by atoms with E-state index >= 15 is 0 Å². The Morgan fingerprint density at radius 3 is 2.95 bits per heavy atom. The van der Waals surface area contributed by atoms with Gasteiger partial charge in [0.1, 0.15) is 0 Å². The molecule has 1 aromatic rings. The van der Waals surface area contributed by atoms with E-state index in [1.807, 2.05) is 41.3 Å². The number of carbonyl (C=O) groups excluding carboxylic acids is 1. The lowest BCUT2D eigenvalue weighted by Crippen LogP contribution is -2.47. The van der Waals surface area contributed by atoms with Gasteiger partial charge in [0.25, 0.3) is 0 Å². The monoisotopic (exact) mass is 256 g/mol. The van der Waals surface area contributed by atoms with Gasteiger partial charge in [0.2, 0.25) is 5.91 Å². The topological polar surface area (TPSA) is 32.3 Å². The zero-order valence-corrected chi connectivity index (χ0v) is 11.1. The summed E-state index contributed by atoms with van der Waals surface area (Å²) < 4.78 is 0. The number of carbonyl (C=O) groups is 1. The molecule has 3 heteroatoms. The Morgan fingerprint density at radius 1 is 1.26 bits per heavy atom. The lowest BCUT2D eigenvalue weighted by Gasteiger charge is -2.36. The molecular formula is C16H20N2O. The van der Waals surface area contributed by atoms with Crippen LogP contribution in [0.4, 0.5) is 0 Å². The van der Waals surface area contributed by atoms with Gasteiger partial charge in [-0.2, -0.15) is 0 Å². The van der Waals surface area contributed by atoms with Gasteiger partial charge in [0.15, 0.2) is 0 Å². The summed E-state index contributed by atoms with van der Waals surface area (Å²) in [7, 11) is 0. The van der Waals surface area contributed by atoms with Crippen LogP contribution in [-0.4, -0.2) is 36.5 Å². The number of rotatable bonds is 2. The van der Waals surface area contributed by atoms with Gasteiger partial charge in [-0.25, -0.2) is 0 Å². The first-order chi connectivity index (χ1) is 9.34. The van der Waals surface area contributed by atoms with Gasteiger partial charge >= 0.3 is 0 Å². The van der Waals surface area contributed by atoms with Crippen LogP contribution in [0.15, 0.2) is 36.4 Å². The predicted molar refractivity (Wildman–Crippen MR) is 76.6 cm³/mol. The van der Waals surface area contributed by atoms with Crippen LogP contribution >= 0.6 is 0 Å². The standard InChI is InChI=1S/C16H20N2O/c19-16(9-8-13-5-2-1-3-6-13)18-10-4-7-14-11-17-12-15(14)18/h1-3,5-6,8-9,14-15,17H,4,7,10-12H2/b9-8+. The maximum atomic E-state index is 12.3. The number of likely N-dealkylation sites (tertiary alicyclic amines) is 1. The van der Waals surface area contributed by atoms with Gasteiger partial charge in [-0.1, -0.05) is 30.3 Å². The first kappa shape index (κ1) is 12.4. The zero-order valence-electron chi connectivity index (χ0n) is 11.1. The maximum Gasteiger partial charge on any atom is 0.246 e. The lowest BCUT2D eigenvalue weighted by atomic mass is 9.92. The SMILES string of the molecule is O=C(/C=C/c1ccccc1)N1CCCC2CNCC21. The second-order valence-corrected chi connectivity index (χ2v) is 5.40. The second kappa shape index (κ2) is 5.57. The Balaban J connectivity index is 1.68. The molecule has 0 spiro atoms. The van der Waals surface area contributed by atoms with E-state index in [1.54, 1.807) is 6.08 Å². The average molecular weight is 256 g/mol. The van der Waals surface area contributed by atoms with Crippen molar-refractivity contribution in [1.82, 2.24) is 10.2 Å². The Morgan fingerprint density at radius 2 is 2.11 bits per heavy atom. The highest BCUT2D eigenvalue weighted by Crippen LogP contribution is 2.26. The van der Waals surface area contributed by atoms with Gasteiger partial charge in [-0.05, 0) is 30.4 Å². The molecule has 1 N–H and O–H groups in total. The van der Waals surface area contributed by atoms with Gasteiger partial charge in [0, 0.05) is 31.8 Å². The number of piperidine rings is 1. The molecule has 0 saturated carbocycles. The maximum absolute atomic E-state index is 12.3. The van der Waals surface area contributed by atoms with E-state index < -0.39 is 0 Å². The highest BCUT2D eigenvalue weighted by atomic mass is 16.2. The van der Waals surface area contributed by atoms with Crippen molar-refractivity contribution in [1.29, 1.82) is 0 Å². The highest BCUT2D eigenvalue weighted by molar-refractivity contribution is 5.92. The summed E-state index contributed by atoms with van der Waals surface area (Å²) in [4.78, 5) is 14.4. The van der Waals surface area contributed by atoms with E-state index in [-0.39, 0.29) is 5.91 Å². The van der Waals surface area contributed by atoms with Crippen molar-refractivity contribution >= 4 is 12.0 Å². The molecule has 100 valence electrons. The molecule has 2 fully saturated rings. The van der Waals surface area contributed by atoms with Crippen molar-refractivity contribution in [2.45, 2.75) is 18.9 Å². The Labute approximate surface area is 114 Å². The summed E-state index contributed by atoms with van der Waals surface area (Å²) in [5, 5.41) is 3.40. The van der Waals surface area contributed by atoms with Gasteiger partial charge in [-0.3, -0.25) is 4.79 Å². The Kier molecular flexibility index (Phi) is 3.65. The molecule has 2 heterocycles. The molecule has 3 nitrogen and oxygen atoms in total. The fourth-order valence-electron chi connectivity index (χ4n) is 3.17. The molecule has 2 aliphatic heterocycles. The van der Waals surface area contributed by atoms with Crippen LogP contribution in [0.2, 0.25) is 0 Å².